The monoisotopic (exact) mass is 448 g/mol. The van der Waals surface area contributed by atoms with Crippen molar-refractivity contribution in [1.82, 2.24) is 5.32 Å². The van der Waals surface area contributed by atoms with Crippen LogP contribution in [0.4, 0.5) is 0 Å². The maximum atomic E-state index is 11.9. The summed E-state index contributed by atoms with van der Waals surface area (Å²) in [4.78, 5) is 23.8. The number of quaternary nitrogens is 1. The Morgan fingerprint density at radius 2 is 1.30 bits per heavy atom. The highest BCUT2D eigenvalue weighted by molar-refractivity contribution is 5.75. The number of hydrogen-bond acceptors (Lipinski definition) is 3. The van der Waals surface area contributed by atoms with Crippen LogP contribution >= 0.6 is 0 Å². The normalized spacial score (nSPS) is 12.2. The fourth-order valence-electron chi connectivity index (χ4n) is 3.69. The van der Waals surface area contributed by atoms with E-state index in [4.69, 9.17) is 4.74 Å². The van der Waals surface area contributed by atoms with Gasteiger partial charge in [-0.15, -0.1) is 0 Å². The Morgan fingerprint density at radius 1 is 0.800 bits per heavy atom. The number of amides is 1. The van der Waals surface area contributed by atoms with E-state index < -0.39 is 0 Å². The van der Waals surface area contributed by atoms with Crippen molar-refractivity contribution in [1.29, 1.82) is 0 Å². The molecule has 0 aromatic heterocycles. The van der Waals surface area contributed by atoms with E-state index in [0.29, 0.717) is 17.4 Å². The summed E-state index contributed by atoms with van der Waals surface area (Å²) < 4.78 is 5.48. The SMILES string of the molecule is CCCCCCCCCCCCCC(=O)NCCCC[C@@H](C(=O)OC)[N+](C)(C)C.[Cl-]. The molecule has 0 radical (unpaired) electrons. The topological polar surface area (TPSA) is 55.4 Å². The summed E-state index contributed by atoms with van der Waals surface area (Å²) in [7, 11) is 7.48. The zero-order chi connectivity index (χ0) is 22.0. The van der Waals surface area contributed by atoms with Crippen molar-refractivity contribution in [2.75, 3.05) is 34.8 Å². The van der Waals surface area contributed by atoms with E-state index in [9.17, 15) is 9.59 Å². The molecule has 0 aromatic rings. The number of rotatable bonds is 19. The molecule has 0 spiro atoms. The van der Waals surface area contributed by atoms with E-state index in [1.165, 1.54) is 64.9 Å². The molecular weight excluding hydrogens is 400 g/mol. The molecular formula is C24H49ClN2O3. The smallest absolute Gasteiger partial charge is 0.364 e. The van der Waals surface area contributed by atoms with Crippen molar-refractivity contribution in [2.24, 2.45) is 0 Å². The highest BCUT2D eigenvalue weighted by Crippen LogP contribution is 2.14. The van der Waals surface area contributed by atoms with Crippen LogP contribution in [-0.4, -0.2) is 57.2 Å². The second-order valence-electron chi connectivity index (χ2n) is 9.29. The minimum atomic E-state index is -0.155. The van der Waals surface area contributed by atoms with Crippen molar-refractivity contribution < 1.29 is 31.2 Å². The molecule has 1 amide bonds. The molecule has 6 heteroatoms. The van der Waals surface area contributed by atoms with Crippen LogP contribution in [0.2, 0.25) is 0 Å². The van der Waals surface area contributed by atoms with Gasteiger partial charge in [0.2, 0.25) is 5.91 Å². The van der Waals surface area contributed by atoms with Gasteiger partial charge in [-0.3, -0.25) is 4.79 Å². The van der Waals surface area contributed by atoms with Gasteiger partial charge in [0.1, 0.15) is 0 Å². The number of unbranched alkanes of at least 4 members (excludes halogenated alkanes) is 11. The van der Waals surface area contributed by atoms with Crippen LogP contribution in [0.3, 0.4) is 0 Å². The minimum absolute atomic E-state index is 0. The largest absolute Gasteiger partial charge is 1.00 e. The molecule has 0 bridgehead atoms. The molecule has 180 valence electrons. The van der Waals surface area contributed by atoms with Crippen LogP contribution in [0.15, 0.2) is 0 Å². The maximum Gasteiger partial charge on any atom is 0.364 e. The summed E-state index contributed by atoms with van der Waals surface area (Å²) in [6.45, 7) is 2.96. The average Bonchev–Trinajstić information content (AvgIpc) is 2.67. The number of hydrogen-bond donors (Lipinski definition) is 1. The molecule has 0 aromatic carbocycles. The molecule has 1 N–H and O–H groups in total. The van der Waals surface area contributed by atoms with Crippen LogP contribution in [0.5, 0.6) is 0 Å². The van der Waals surface area contributed by atoms with Crippen LogP contribution < -0.4 is 17.7 Å². The van der Waals surface area contributed by atoms with Gasteiger partial charge in [-0.1, -0.05) is 71.1 Å². The standard InChI is InChI=1S/C24H48N2O3.ClH/c1-6-7-8-9-10-11-12-13-14-15-16-20-23(27)25-21-18-17-19-22(24(28)29-5)26(2,3)4;/h22H,6-21H2,1-5H3;1H/t22-;/m0./s1. The van der Waals surface area contributed by atoms with E-state index in [1.807, 2.05) is 21.1 Å². The number of nitrogens with zero attached hydrogens (tertiary/aromatic N) is 1. The molecule has 30 heavy (non-hydrogen) atoms. The lowest BCUT2D eigenvalue weighted by molar-refractivity contribution is -0.887. The second kappa shape index (κ2) is 20.1. The van der Waals surface area contributed by atoms with Crippen molar-refractivity contribution in [3.8, 4) is 0 Å². The first-order valence-corrected chi connectivity index (χ1v) is 12.0. The number of halogens is 1. The van der Waals surface area contributed by atoms with Gasteiger partial charge in [0.15, 0.2) is 6.04 Å². The molecule has 0 unspecified atom stereocenters. The van der Waals surface area contributed by atoms with Gasteiger partial charge < -0.3 is 26.9 Å². The van der Waals surface area contributed by atoms with E-state index >= 15 is 0 Å². The number of ether oxygens (including phenoxy) is 1. The van der Waals surface area contributed by atoms with Gasteiger partial charge in [-0.05, 0) is 19.3 Å². The summed E-state index contributed by atoms with van der Waals surface area (Å²) in [5.74, 6) is 0.00933. The molecule has 1 atom stereocenters. The first-order chi connectivity index (χ1) is 13.8. The number of likely N-dealkylation sites (N-methyl/N-ethyl adjacent to an activating group) is 1. The Labute approximate surface area is 192 Å². The van der Waals surface area contributed by atoms with Gasteiger partial charge in [0, 0.05) is 19.4 Å². The molecule has 0 rings (SSSR count). The first-order valence-electron chi connectivity index (χ1n) is 12.0. The summed E-state index contributed by atoms with van der Waals surface area (Å²) in [5.41, 5.74) is 0. The van der Waals surface area contributed by atoms with E-state index in [0.717, 1.165) is 32.1 Å². The lowest BCUT2D eigenvalue weighted by Crippen LogP contribution is -3.00. The van der Waals surface area contributed by atoms with Crippen molar-refractivity contribution in [2.45, 2.75) is 109 Å². The summed E-state index contributed by atoms with van der Waals surface area (Å²) in [6.07, 6.45) is 17.5. The zero-order valence-electron chi connectivity index (χ0n) is 20.4. The zero-order valence-corrected chi connectivity index (χ0v) is 21.2. The van der Waals surface area contributed by atoms with Crippen molar-refractivity contribution in [3.63, 3.8) is 0 Å². The minimum Gasteiger partial charge on any atom is -1.00 e. The highest BCUT2D eigenvalue weighted by atomic mass is 35.5. The van der Waals surface area contributed by atoms with Gasteiger partial charge in [-0.25, -0.2) is 4.79 Å². The molecule has 0 saturated heterocycles. The van der Waals surface area contributed by atoms with Crippen LogP contribution in [-0.2, 0) is 14.3 Å². The summed E-state index contributed by atoms with van der Waals surface area (Å²) in [5, 5.41) is 3.01. The Bertz CT molecular complexity index is 425. The Kier molecular flexibility index (Phi) is 21.0. The predicted molar refractivity (Wildman–Crippen MR) is 122 cm³/mol. The lowest BCUT2D eigenvalue weighted by atomic mass is 10.1. The third kappa shape index (κ3) is 18.0. The quantitative estimate of drug-likeness (QED) is 0.187. The van der Waals surface area contributed by atoms with Gasteiger partial charge in [-0.2, -0.15) is 0 Å². The Morgan fingerprint density at radius 3 is 1.77 bits per heavy atom. The van der Waals surface area contributed by atoms with Crippen LogP contribution in [0.25, 0.3) is 0 Å². The predicted octanol–water partition coefficient (Wildman–Crippen LogP) is 2.23. The number of carbonyl (C=O) groups is 2. The third-order valence-corrected chi connectivity index (χ3v) is 5.64. The van der Waals surface area contributed by atoms with Crippen molar-refractivity contribution >= 4 is 11.9 Å². The highest BCUT2D eigenvalue weighted by Gasteiger charge is 2.31. The molecule has 0 saturated carbocycles. The number of nitrogens with one attached hydrogen (secondary N) is 1. The number of methoxy groups -OCH3 is 1. The van der Waals surface area contributed by atoms with E-state index in [-0.39, 0.29) is 30.3 Å². The van der Waals surface area contributed by atoms with Crippen LogP contribution in [0.1, 0.15) is 103 Å². The molecule has 0 heterocycles. The van der Waals surface area contributed by atoms with Crippen molar-refractivity contribution in [3.05, 3.63) is 0 Å². The number of carbonyl (C=O) groups excluding carboxylic acids is 2. The van der Waals surface area contributed by atoms with Gasteiger partial charge >= 0.3 is 5.97 Å². The molecule has 0 aliphatic rings. The molecule has 0 aliphatic carbocycles. The average molecular weight is 449 g/mol. The third-order valence-electron chi connectivity index (χ3n) is 5.64. The summed E-state index contributed by atoms with van der Waals surface area (Å²) >= 11 is 0. The van der Waals surface area contributed by atoms with Gasteiger partial charge in [0.25, 0.3) is 0 Å². The molecule has 0 aliphatic heterocycles. The second-order valence-corrected chi connectivity index (χ2v) is 9.29. The maximum absolute atomic E-state index is 11.9. The summed E-state index contributed by atoms with van der Waals surface area (Å²) in [6, 6.07) is -0.146. The van der Waals surface area contributed by atoms with E-state index in [2.05, 4.69) is 12.2 Å². The lowest BCUT2D eigenvalue weighted by Gasteiger charge is -2.32. The Hall–Kier alpha value is -0.810. The fraction of sp³-hybridized carbons (Fsp3) is 0.917. The Balaban J connectivity index is 0. The van der Waals surface area contributed by atoms with Gasteiger partial charge in [0.05, 0.1) is 28.3 Å². The van der Waals surface area contributed by atoms with E-state index in [1.54, 1.807) is 0 Å². The van der Waals surface area contributed by atoms with Crippen LogP contribution in [0, 0.1) is 0 Å². The first kappa shape index (κ1) is 31.4. The molecule has 5 nitrogen and oxygen atoms in total. The fourth-order valence-corrected chi connectivity index (χ4v) is 3.69. The molecule has 0 fully saturated rings. The number of esters is 1.